The number of ether oxygens (including phenoxy) is 1. The number of rotatable bonds is 4. The first-order valence-corrected chi connectivity index (χ1v) is 8.61. The highest BCUT2D eigenvalue weighted by Gasteiger charge is 2.14. The molecule has 0 spiro atoms. The van der Waals surface area contributed by atoms with E-state index in [1.165, 1.54) is 0 Å². The average Bonchev–Trinajstić information content (AvgIpc) is 2.60. The van der Waals surface area contributed by atoms with Crippen LogP contribution in [0.2, 0.25) is 5.02 Å². The van der Waals surface area contributed by atoms with E-state index in [2.05, 4.69) is 15.9 Å². The number of benzene rings is 2. The molecule has 1 heterocycles. The fourth-order valence-corrected chi connectivity index (χ4v) is 2.96. The molecule has 1 atom stereocenters. The van der Waals surface area contributed by atoms with E-state index in [-0.39, 0.29) is 0 Å². The third-order valence-electron chi connectivity index (χ3n) is 3.69. The van der Waals surface area contributed by atoms with Crippen LogP contribution in [-0.4, -0.2) is 22.5 Å². The summed E-state index contributed by atoms with van der Waals surface area (Å²) in [5.41, 5.74) is 3.35. The lowest BCUT2D eigenvalue weighted by molar-refractivity contribution is 0.207. The largest absolute Gasteiger partial charge is 0.497 e. The van der Waals surface area contributed by atoms with Crippen LogP contribution in [0, 0.1) is 0 Å². The van der Waals surface area contributed by atoms with Gasteiger partial charge in [0.15, 0.2) is 0 Å². The summed E-state index contributed by atoms with van der Waals surface area (Å²) in [4.78, 5) is 4.71. The molecule has 118 valence electrons. The van der Waals surface area contributed by atoms with Gasteiger partial charge in [0.1, 0.15) is 5.75 Å². The van der Waals surface area contributed by atoms with Crippen molar-refractivity contribution in [3.8, 4) is 17.0 Å². The third kappa shape index (κ3) is 3.34. The lowest BCUT2D eigenvalue weighted by Crippen LogP contribution is -2.01. The molecule has 0 aliphatic carbocycles. The molecule has 1 aromatic heterocycles. The molecule has 0 aliphatic heterocycles. The number of hydrogen-bond acceptors (Lipinski definition) is 3. The van der Waals surface area contributed by atoms with Crippen LogP contribution in [0.15, 0.2) is 48.5 Å². The van der Waals surface area contributed by atoms with E-state index >= 15 is 0 Å². The van der Waals surface area contributed by atoms with E-state index in [0.717, 1.165) is 33.5 Å². The number of aliphatic hydroxyl groups is 1. The summed E-state index contributed by atoms with van der Waals surface area (Å²) in [5.74, 6) is 0.734. The maximum atomic E-state index is 10.3. The van der Waals surface area contributed by atoms with Gasteiger partial charge < -0.3 is 9.84 Å². The van der Waals surface area contributed by atoms with Crippen molar-refractivity contribution in [2.24, 2.45) is 0 Å². The SMILES string of the molecule is COc1ccc2c(C(O)CBr)cc(-c3ccc(Cl)cc3)nc2c1. The average molecular weight is 393 g/mol. The Morgan fingerprint density at radius 2 is 1.91 bits per heavy atom. The van der Waals surface area contributed by atoms with Crippen molar-refractivity contribution in [1.29, 1.82) is 0 Å². The molecule has 0 radical (unpaired) electrons. The predicted molar refractivity (Wildman–Crippen MR) is 97.5 cm³/mol. The zero-order valence-electron chi connectivity index (χ0n) is 12.5. The summed E-state index contributed by atoms with van der Waals surface area (Å²) in [6.45, 7) is 0. The normalized spacial score (nSPS) is 12.3. The second kappa shape index (κ2) is 6.87. The first-order chi connectivity index (χ1) is 11.1. The monoisotopic (exact) mass is 391 g/mol. The smallest absolute Gasteiger partial charge is 0.121 e. The first-order valence-electron chi connectivity index (χ1n) is 7.11. The Morgan fingerprint density at radius 1 is 1.17 bits per heavy atom. The Hall–Kier alpha value is -1.62. The second-order valence-corrected chi connectivity index (χ2v) is 6.24. The van der Waals surface area contributed by atoms with Gasteiger partial charge in [-0.3, -0.25) is 0 Å². The number of pyridine rings is 1. The Labute approximate surface area is 148 Å². The number of aliphatic hydroxyl groups excluding tert-OH is 1. The number of aromatic nitrogens is 1. The van der Waals surface area contributed by atoms with Crippen molar-refractivity contribution in [1.82, 2.24) is 4.98 Å². The van der Waals surface area contributed by atoms with Gasteiger partial charge in [-0.05, 0) is 35.9 Å². The number of halogens is 2. The summed E-state index contributed by atoms with van der Waals surface area (Å²) in [6, 6.07) is 15.1. The second-order valence-electron chi connectivity index (χ2n) is 5.16. The van der Waals surface area contributed by atoms with Crippen LogP contribution in [-0.2, 0) is 0 Å². The summed E-state index contributed by atoms with van der Waals surface area (Å²) in [7, 11) is 1.62. The molecular formula is C18H15BrClNO2. The Bertz CT molecular complexity index is 836. The van der Waals surface area contributed by atoms with Crippen molar-refractivity contribution >= 4 is 38.4 Å². The molecule has 3 nitrogen and oxygen atoms in total. The molecule has 1 N–H and O–H groups in total. The van der Waals surface area contributed by atoms with Crippen molar-refractivity contribution < 1.29 is 9.84 Å². The molecule has 3 rings (SSSR count). The molecule has 0 fully saturated rings. The van der Waals surface area contributed by atoms with Gasteiger partial charge in [0.25, 0.3) is 0 Å². The van der Waals surface area contributed by atoms with E-state index < -0.39 is 6.10 Å². The fraction of sp³-hybridized carbons (Fsp3) is 0.167. The molecule has 0 saturated heterocycles. The minimum absolute atomic E-state index is 0.457. The number of hydrogen-bond donors (Lipinski definition) is 1. The highest BCUT2D eigenvalue weighted by atomic mass is 79.9. The molecule has 23 heavy (non-hydrogen) atoms. The van der Waals surface area contributed by atoms with Gasteiger partial charge in [-0.2, -0.15) is 0 Å². The Kier molecular flexibility index (Phi) is 4.85. The van der Waals surface area contributed by atoms with Crippen molar-refractivity contribution in [3.63, 3.8) is 0 Å². The Balaban J connectivity index is 2.24. The van der Waals surface area contributed by atoms with Crippen molar-refractivity contribution in [2.45, 2.75) is 6.10 Å². The standard InChI is InChI=1S/C18H15BrClNO2/c1-23-13-6-7-14-15(18(22)10-19)9-16(21-17(14)8-13)11-2-4-12(20)5-3-11/h2-9,18,22H,10H2,1H3. The molecule has 0 bridgehead atoms. The van der Waals surface area contributed by atoms with E-state index in [9.17, 15) is 5.11 Å². The molecule has 1 unspecified atom stereocenters. The van der Waals surface area contributed by atoms with E-state index in [4.69, 9.17) is 21.3 Å². The summed E-state index contributed by atoms with van der Waals surface area (Å²) < 4.78 is 5.28. The van der Waals surface area contributed by atoms with Gasteiger partial charge in [0, 0.05) is 27.4 Å². The van der Waals surface area contributed by atoms with Gasteiger partial charge in [-0.15, -0.1) is 0 Å². The maximum absolute atomic E-state index is 10.3. The number of nitrogens with zero attached hydrogens (tertiary/aromatic N) is 1. The van der Waals surface area contributed by atoms with Crippen LogP contribution in [0.25, 0.3) is 22.2 Å². The molecule has 3 aromatic rings. The quantitative estimate of drug-likeness (QED) is 0.636. The predicted octanol–water partition coefficient (Wildman–Crippen LogP) is 4.99. The number of fused-ring (bicyclic) bond motifs is 1. The van der Waals surface area contributed by atoms with E-state index in [0.29, 0.717) is 10.4 Å². The topological polar surface area (TPSA) is 42.4 Å². The van der Waals surface area contributed by atoms with Gasteiger partial charge in [-0.1, -0.05) is 39.7 Å². The minimum Gasteiger partial charge on any atom is -0.497 e. The van der Waals surface area contributed by atoms with E-state index in [1.807, 2.05) is 48.5 Å². The van der Waals surface area contributed by atoms with Crippen LogP contribution in [0.4, 0.5) is 0 Å². The fourth-order valence-electron chi connectivity index (χ4n) is 2.49. The van der Waals surface area contributed by atoms with Crippen LogP contribution in [0.1, 0.15) is 11.7 Å². The number of alkyl halides is 1. The third-order valence-corrected chi connectivity index (χ3v) is 4.56. The van der Waals surface area contributed by atoms with Gasteiger partial charge >= 0.3 is 0 Å². The summed E-state index contributed by atoms with van der Waals surface area (Å²) in [5, 5.41) is 12.4. The van der Waals surface area contributed by atoms with Gasteiger partial charge in [0.05, 0.1) is 24.4 Å². The molecule has 0 saturated carbocycles. The lowest BCUT2D eigenvalue weighted by Gasteiger charge is -2.14. The van der Waals surface area contributed by atoms with Gasteiger partial charge in [-0.25, -0.2) is 4.98 Å². The minimum atomic E-state index is -0.611. The van der Waals surface area contributed by atoms with E-state index in [1.54, 1.807) is 7.11 Å². The van der Waals surface area contributed by atoms with Crippen LogP contribution < -0.4 is 4.74 Å². The molecule has 0 amide bonds. The molecule has 0 aliphatic rings. The van der Waals surface area contributed by atoms with Gasteiger partial charge in [0.2, 0.25) is 0 Å². The molecular weight excluding hydrogens is 378 g/mol. The molecule has 2 aromatic carbocycles. The summed E-state index contributed by atoms with van der Waals surface area (Å²) >= 11 is 9.30. The zero-order chi connectivity index (χ0) is 16.4. The van der Waals surface area contributed by atoms with Crippen LogP contribution in [0.3, 0.4) is 0 Å². The summed E-state index contributed by atoms with van der Waals surface area (Å²) in [6.07, 6.45) is -0.611. The van der Waals surface area contributed by atoms with Crippen LogP contribution >= 0.6 is 27.5 Å². The lowest BCUT2D eigenvalue weighted by atomic mass is 10.0. The highest BCUT2D eigenvalue weighted by molar-refractivity contribution is 9.09. The number of methoxy groups -OCH3 is 1. The molecule has 5 heteroatoms. The van der Waals surface area contributed by atoms with Crippen LogP contribution in [0.5, 0.6) is 5.75 Å². The highest BCUT2D eigenvalue weighted by Crippen LogP contribution is 2.31. The Morgan fingerprint density at radius 3 is 2.57 bits per heavy atom. The first kappa shape index (κ1) is 16.2. The maximum Gasteiger partial charge on any atom is 0.121 e. The zero-order valence-corrected chi connectivity index (χ0v) is 14.8. The van der Waals surface area contributed by atoms with Crippen molar-refractivity contribution in [3.05, 3.63) is 59.1 Å². The van der Waals surface area contributed by atoms with Crippen molar-refractivity contribution in [2.75, 3.05) is 12.4 Å².